The molecule has 2 aromatic carbocycles. The zero-order valence-corrected chi connectivity index (χ0v) is 22.7. The zero-order valence-electron chi connectivity index (χ0n) is 19.6. The molecule has 0 aromatic heterocycles. The van der Waals surface area contributed by atoms with Crippen LogP contribution in [0.4, 0.5) is 0 Å². The first kappa shape index (κ1) is 26.4. The highest BCUT2D eigenvalue weighted by atomic mass is 79.9. The summed E-state index contributed by atoms with van der Waals surface area (Å²) in [7, 11) is 3.24. The number of carbonyl (C=O) groups excluding carboxylic acids is 1. The van der Waals surface area contributed by atoms with Crippen molar-refractivity contribution in [3.63, 3.8) is 0 Å². The van der Waals surface area contributed by atoms with Crippen LogP contribution in [0.3, 0.4) is 0 Å². The number of alkyl halides is 2. The molecule has 3 rings (SSSR count). The van der Waals surface area contributed by atoms with Crippen LogP contribution in [-0.2, 0) is 4.79 Å². The van der Waals surface area contributed by atoms with Crippen molar-refractivity contribution in [2.24, 2.45) is 0 Å². The van der Waals surface area contributed by atoms with Crippen LogP contribution in [0, 0.1) is 0 Å². The number of hydrogen-bond donors (Lipinski definition) is 0. The van der Waals surface area contributed by atoms with E-state index in [2.05, 4.69) is 31.9 Å². The fraction of sp³-hybridized carbons (Fsp3) is 0.370. The first-order valence-corrected chi connectivity index (χ1v) is 13.5. The number of benzene rings is 2. The maximum atomic E-state index is 13.0. The predicted molar refractivity (Wildman–Crippen MR) is 144 cm³/mol. The molecule has 0 unspecified atom stereocenters. The van der Waals surface area contributed by atoms with Crippen LogP contribution in [0.25, 0.3) is 12.2 Å². The van der Waals surface area contributed by atoms with Crippen LogP contribution >= 0.6 is 31.9 Å². The molecule has 0 spiro atoms. The second kappa shape index (κ2) is 13.6. The first-order chi connectivity index (χ1) is 16.6. The highest BCUT2D eigenvalue weighted by Gasteiger charge is 2.23. The Morgan fingerprint density at radius 2 is 1.18 bits per heavy atom. The Morgan fingerprint density at radius 3 is 1.56 bits per heavy atom. The summed E-state index contributed by atoms with van der Waals surface area (Å²) < 4.78 is 22.5. The van der Waals surface area contributed by atoms with Gasteiger partial charge in [-0.3, -0.25) is 4.79 Å². The van der Waals surface area contributed by atoms with E-state index in [1.807, 2.05) is 48.6 Å². The van der Waals surface area contributed by atoms with Crippen LogP contribution < -0.4 is 18.9 Å². The van der Waals surface area contributed by atoms with Crippen molar-refractivity contribution in [3.05, 3.63) is 58.7 Å². The third kappa shape index (κ3) is 7.12. The second-order valence-electron chi connectivity index (χ2n) is 7.77. The van der Waals surface area contributed by atoms with Crippen molar-refractivity contribution in [1.82, 2.24) is 0 Å². The van der Waals surface area contributed by atoms with Gasteiger partial charge >= 0.3 is 0 Å². The molecule has 0 N–H and O–H groups in total. The summed E-state index contributed by atoms with van der Waals surface area (Å²) in [4.78, 5) is 13.0. The van der Waals surface area contributed by atoms with Crippen LogP contribution in [0.1, 0.15) is 36.8 Å². The topological polar surface area (TPSA) is 54.0 Å². The van der Waals surface area contributed by atoms with E-state index < -0.39 is 0 Å². The van der Waals surface area contributed by atoms with Crippen molar-refractivity contribution in [2.45, 2.75) is 25.7 Å². The Bertz CT molecular complexity index is 964. The Balaban J connectivity index is 1.74. The molecule has 7 heteroatoms. The van der Waals surface area contributed by atoms with Gasteiger partial charge in [-0.2, -0.15) is 0 Å². The maximum Gasteiger partial charge on any atom is 0.185 e. The lowest BCUT2D eigenvalue weighted by molar-refractivity contribution is -0.111. The van der Waals surface area contributed by atoms with E-state index in [1.165, 1.54) is 0 Å². The fourth-order valence-electron chi connectivity index (χ4n) is 3.64. The number of hydrogen-bond acceptors (Lipinski definition) is 5. The van der Waals surface area contributed by atoms with Gasteiger partial charge in [-0.15, -0.1) is 0 Å². The molecule has 0 heterocycles. The van der Waals surface area contributed by atoms with E-state index in [1.54, 1.807) is 14.2 Å². The summed E-state index contributed by atoms with van der Waals surface area (Å²) >= 11 is 6.81. The third-order valence-corrected chi connectivity index (χ3v) is 6.50. The second-order valence-corrected chi connectivity index (χ2v) is 9.36. The fourth-order valence-corrected chi connectivity index (χ4v) is 4.10. The normalized spacial score (nSPS) is 15.7. The molecule has 1 aliphatic rings. The minimum atomic E-state index is 0.0771. The summed E-state index contributed by atoms with van der Waals surface area (Å²) in [6, 6.07) is 11.5. The Hall–Kier alpha value is -2.25. The molecular formula is C27H30Br2O5. The lowest BCUT2D eigenvalue weighted by Crippen LogP contribution is -2.00. The monoisotopic (exact) mass is 592 g/mol. The molecule has 1 fully saturated rings. The van der Waals surface area contributed by atoms with Crippen molar-refractivity contribution in [1.29, 1.82) is 0 Å². The number of rotatable bonds is 12. The van der Waals surface area contributed by atoms with Crippen LogP contribution in [0.5, 0.6) is 23.0 Å². The van der Waals surface area contributed by atoms with Gasteiger partial charge in [0.15, 0.2) is 28.8 Å². The van der Waals surface area contributed by atoms with Crippen molar-refractivity contribution in [3.8, 4) is 23.0 Å². The first-order valence-electron chi connectivity index (χ1n) is 11.3. The number of carbonyl (C=O) groups is 1. The molecule has 2 aromatic rings. The number of methoxy groups -OCH3 is 2. The number of ether oxygens (including phenoxy) is 4. The highest BCUT2D eigenvalue weighted by Crippen LogP contribution is 2.34. The molecule has 0 saturated heterocycles. The standard InChI is InChI=1S/C27H30Br2O5/c1-31-25-17-19(5-9-23(25)33-13-3-11-28)15-21-7-8-22(27(21)30)16-20-6-10-24(26(18-20)32-2)34-14-4-12-29/h5-6,9-10,15-18H,3-4,7-8,11-14H2,1-2H3/b21-15+,22-16+. The van der Waals surface area contributed by atoms with E-state index in [9.17, 15) is 4.79 Å². The van der Waals surface area contributed by atoms with Gasteiger partial charge in [0.1, 0.15) is 0 Å². The molecule has 0 atom stereocenters. The van der Waals surface area contributed by atoms with E-state index in [0.717, 1.165) is 45.8 Å². The molecule has 0 bridgehead atoms. The van der Waals surface area contributed by atoms with E-state index in [4.69, 9.17) is 18.9 Å². The van der Waals surface area contributed by atoms with E-state index in [0.29, 0.717) is 49.1 Å². The molecule has 1 aliphatic carbocycles. The van der Waals surface area contributed by atoms with Gasteiger partial charge in [0.2, 0.25) is 0 Å². The SMILES string of the molecule is COc1cc(/C=C2\CC/C(=C\c3ccc(OCCCBr)c(OC)c3)C2=O)ccc1OCCCBr. The quantitative estimate of drug-likeness (QED) is 0.153. The van der Waals surface area contributed by atoms with Crippen molar-refractivity contribution >= 4 is 49.8 Å². The van der Waals surface area contributed by atoms with Crippen LogP contribution in [0.2, 0.25) is 0 Å². The molecule has 0 aliphatic heterocycles. The minimum absolute atomic E-state index is 0.0771. The Kier molecular flexibility index (Phi) is 10.5. The molecule has 1 saturated carbocycles. The number of allylic oxidation sites excluding steroid dienone is 2. The van der Waals surface area contributed by atoms with Crippen LogP contribution in [-0.4, -0.2) is 43.9 Å². The highest BCUT2D eigenvalue weighted by molar-refractivity contribution is 9.09. The van der Waals surface area contributed by atoms with Gasteiger partial charge in [-0.05, 0) is 73.2 Å². The predicted octanol–water partition coefficient (Wildman–Crippen LogP) is 6.86. The summed E-state index contributed by atoms with van der Waals surface area (Å²) in [6.07, 6.45) is 7.13. The smallest absolute Gasteiger partial charge is 0.185 e. The molecular weight excluding hydrogens is 564 g/mol. The van der Waals surface area contributed by atoms with Gasteiger partial charge in [-0.25, -0.2) is 0 Å². The van der Waals surface area contributed by atoms with Gasteiger partial charge in [0, 0.05) is 21.8 Å². The number of halogens is 2. The summed E-state index contributed by atoms with van der Waals surface area (Å²) in [5.74, 6) is 2.81. The summed E-state index contributed by atoms with van der Waals surface area (Å²) in [5.41, 5.74) is 3.42. The summed E-state index contributed by atoms with van der Waals surface area (Å²) in [6.45, 7) is 1.23. The third-order valence-electron chi connectivity index (χ3n) is 5.38. The zero-order chi connectivity index (χ0) is 24.3. The lowest BCUT2D eigenvalue weighted by atomic mass is 10.1. The van der Waals surface area contributed by atoms with E-state index >= 15 is 0 Å². The molecule has 0 radical (unpaired) electrons. The van der Waals surface area contributed by atoms with E-state index in [-0.39, 0.29) is 5.78 Å². The molecule has 34 heavy (non-hydrogen) atoms. The van der Waals surface area contributed by atoms with Gasteiger partial charge in [0.25, 0.3) is 0 Å². The maximum absolute atomic E-state index is 13.0. The lowest BCUT2D eigenvalue weighted by Gasteiger charge is -2.11. The molecule has 0 amide bonds. The average molecular weight is 594 g/mol. The summed E-state index contributed by atoms with van der Waals surface area (Å²) in [5, 5.41) is 1.78. The van der Waals surface area contributed by atoms with Gasteiger partial charge in [-0.1, -0.05) is 44.0 Å². The van der Waals surface area contributed by atoms with Gasteiger partial charge in [0.05, 0.1) is 27.4 Å². The Labute approximate surface area is 218 Å². The number of Topliss-reactive ketones (excluding diaryl/α,β-unsaturated/α-hetero) is 1. The van der Waals surface area contributed by atoms with Gasteiger partial charge < -0.3 is 18.9 Å². The molecule has 182 valence electrons. The van der Waals surface area contributed by atoms with Crippen LogP contribution in [0.15, 0.2) is 47.5 Å². The average Bonchev–Trinajstić information content (AvgIpc) is 3.19. The minimum Gasteiger partial charge on any atom is -0.493 e. The number of ketones is 1. The van der Waals surface area contributed by atoms with Crippen molar-refractivity contribution in [2.75, 3.05) is 38.1 Å². The Morgan fingerprint density at radius 1 is 0.735 bits per heavy atom. The molecule has 5 nitrogen and oxygen atoms in total. The van der Waals surface area contributed by atoms with Crippen molar-refractivity contribution < 1.29 is 23.7 Å². The largest absolute Gasteiger partial charge is 0.493 e.